The maximum atomic E-state index is 12.7. The molecule has 1 amide bonds. The Balaban J connectivity index is 1.75. The predicted octanol–water partition coefficient (Wildman–Crippen LogP) is 2.74. The first-order chi connectivity index (χ1) is 11.7. The minimum absolute atomic E-state index is 0.0825. The first-order valence-electron chi connectivity index (χ1n) is 7.28. The van der Waals surface area contributed by atoms with Gasteiger partial charge in [0.25, 0.3) is 11.6 Å². The highest BCUT2D eigenvalue weighted by Crippen LogP contribution is 2.24. The average molecular weight is 342 g/mol. The van der Waals surface area contributed by atoms with Gasteiger partial charge in [-0.15, -0.1) is 0 Å². The van der Waals surface area contributed by atoms with E-state index in [0.717, 1.165) is 5.56 Å². The number of nitro benzene ring substituents is 1. The molecular weight excluding hydrogens is 328 g/mol. The lowest BCUT2D eigenvalue weighted by molar-refractivity contribution is -0.385. The molecule has 0 aliphatic carbocycles. The van der Waals surface area contributed by atoms with Crippen LogP contribution in [0, 0.1) is 10.1 Å². The third kappa shape index (κ3) is 3.43. The molecule has 0 atom stereocenters. The third-order valence-corrected chi connectivity index (χ3v) is 4.55. The van der Waals surface area contributed by atoms with E-state index in [1.54, 1.807) is 24.5 Å². The van der Waals surface area contributed by atoms with Gasteiger partial charge in [0.05, 0.1) is 11.5 Å². The number of para-hydroxylation sites is 1. The van der Waals surface area contributed by atoms with Crippen molar-refractivity contribution in [2.24, 2.45) is 4.99 Å². The summed E-state index contributed by atoms with van der Waals surface area (Å²) in [6.45, 7) is 0.933. The average Bonchev–Trinajstić information content (AvgIpc) is 3.08. The Labute approximate surface area is 142 Å². The number of amides is 1. The van der Waals surface area contributed by atoms with Crippen molar-refractivity contribution in [2.45, 2.75) is 5.75 Å². The Morgan fingerprint density at radius 1 is 1.29 bits per heavy atom. The van der Waals surface area contributed by atoms with E-state index in [1.165, 1.54) is 28.8 Å². The Morgan fingerprint density at radius 2 is 2.12 bits per heavy atom. The summed E-state index contributed by atoms with van der Waals surface area (Å²) in [6, 6.07) is 9.78. The van der Waals surface area contributed by atoms with Crippen molar-refractivity contribution in [3.05, 3.63) is 70.0 Å². The van der Waals surface area contributed by atoms with E-state index < -0.39 is 10.8 Å². The summed E-state index contributed by atoms with van der Waals surface area (Å²) in [5.41, 5.74) is 0.917. The molecule has 2 heterocycles. The number of aliphatic imine (C=N–C) groups is 1. The van der Waals surface area contributed by atoms with Crippen LogP contribution in [-0.2, 0) is 5.75 Å². The zero-order valence-electron chi connectivity index (χ0n) is 12.7. The van der Waals surface area contributed by atoms with Crippen molar-refractivity contribution < 1.29 is 9.72 Å². The van der Waals surface area contributed by atoms with E-state index in [0.29, 0.717) is 24.0 Å². The lowest BCUT2D eigenvalue weighted by Gasteiger charge is -2.17. The third-order valence-electron chi connectivity index (χ3n) is 3.47. The minimum Gasteiger partial charge on any atom is -0.285 e. The summed E-state index contributed by atoms with van der Waals surface area (Å²) in [7, 11) is 0. The standard InChI is InChI=1S/C16H14N4O3S/c21-15(13-5-1-2-6-14(13)20(22)23)19-9-8-18-16(19)24-11-12-4-3-7-17-10-12/h1-7,10H,8-9,11H2. The number of rotatable bonds is 4. The highest BCUT2D eigenvalue weighted by molar-refractivity contribution is 8.13. The van der Waals surface area contributed by atoms with Gasteiger partial charge < -0.3 is 0 Å². The van der Waals surface area contributed by atoms with Gasteiger partial charge in [-0.1, -0.05) is 30.0 Å². The van der Waals surface area contributed by atoms with E-state index >= 15 is 0 Å². The molecule has 8 heteroatoms. The van der Waals surface area contributed by atoms with Gasteiger partial charge in [-0.05, 0) is 17.7 Å². The fourth-order valence-electron chi connectivity index (χ4n) is 2.33. The Kier molecular flexibility index (Phi) is 4.85. The minimum atomic E-state index is -0.539. The fraction of sp³-hybridized carbons (Fsp3) is 0.188. The molecule has 0 saturated heterocycles. The van der Waals surface area contributed by atoms with Gasteiger partial charge in [-0.2, -0.15) is 0 Å². The number of thioether (sulfide) groups is 1. The van der Waals surface area contributed by atoms with Crippen LogP contribution in [0.15, 0.2) is 53.8 Å². The number of aromatic nitrogens is 1. The first-order valence-corrected chi connectivity index (χ1v) is 8.27. The van der Waals surface area contributed by atoms with Crippen molar-refractivity contribution in [1.82, 2.24) is 9.88 Å². The van der Waals surface area contributed by atoms with Crippen molar-refractivity contribution in [3.63, 3.8) is 0 Å². The molecule has 1 aliphatic heterocycles. The molecule has 0 bridgehead atoms. The van der Waals surface area contributed by atoms with Gasteiger partial charge in [0.1, 0.15) is 5.56 Å². The van der Waals surface area contributed by atoms with E-state index in [9.17, 15) is 14.9 Å². The second kappa shape index (κ2) is 7.22. The van der Waals surface area contributed by atoms with Crippen LogP contribution in [0.25, 0.3) is 0 Å². The molecule has 1 aliphatic rings. The lowest BCUT2D eigenvalue weighted by atomic mass is 10.1. The number of pyridine rings is 1. The number of carbonyl (C=O) groups is 1. The molecule has 122 valence electrons. The molecule has 0 saturated carbocycles. The molecule has 0 spiro atoms. The number of benzene rings is 1. The second-order valence-corrected chi connectivity index (χ2v) is 5.99. The van der Waals surface area contributed by atoms with Crippen molar-refractivity contribution in [1.29, 1.82) is 0 Å². The largest absolute Gasteiger partial charge is 0.285 e. The summed E-state index contributed by atoms with van der Waals surface area (Å²) in [6.07, 6.45) is 3.46. The van der Waals surface area contributed by atoms with Gasteiger partial charge in [-0.3, -0.25) is 29.8 Å². The molecule has 0 radical (unpaired) electrons. The molecule has 0 fully saturated rings. The zero-order chi connectivity index (χ0) is 16.9. The lowest BCUT2D eigenvalue weighted by Crippen LogP contribution is -2.33. The molecule has 1 aromatic carbocycles. The van der Waals surface area contributed by atoms with Crippen LogP contribution in [0.5, 0.6) is 0 Å². The molecule has 1 aromatic heterocycles. The van der Waals surface area contributed by atoms with E-state index in [2.05, 4.69) is 9.98 Å². The van der Waals surface area contributed by atoms with Gasteiger partial charge >= 0.3 is 0 Å². The summed E-state index contributed by atoms with van der Waals surface area (Å²) < 4.78 is 0. The van der Waals surface area contributed by atoms with Crippen molar-refractivity contribution in [2.75, 3.05) is 13.1 Å². The number of amidine groups is 1. The smallest absolute Gasteiger partial charge is 0.282 e. The van der Waals surface area contributed by atoms with Crippen LogP contribution in [0.3, 0.4) is 0 Å². The fourth-order valence-corrected chi connectivity index (χ4v) is 3.31. The number of hydrogen-bond acceptors (Lipinski definition) is 6. The highest BCUT2D eigenvalue weighted by Gasteiger charge is 2.29. The predicted molar refractivity (Wildman–Crippen MR) is 92.0 cm³/mol. The van der Waals surface area contributed by atoms with Crippen LogP contribution < -0.4 is 0 Å². The van der Waals surface area contributed by atoms with E-state index in [4.69, 9.17) is 0 Å². The number of carbonyl (C=O) groups excluding carboxylic acids is 1. The van der Waals surface area contributed by atoms with Gasteiger partial charge in [0.2, 0.25) is 0 Å². The molecule has 0 unspecified atom stereocenters. The normalized spacial score (nSPS) is 13.7. The highest BCUT2D eigenvalue weighted by atomic mass is 32.2. The molecule has 24 heavy (non-hydrogen) atoms. The number of nitrogens with zero attached hydrogens (tertiary/aromatic N) is 4. The van der Waals surface area contributed by atoms with Gasteiger partial charge in [0.15, 0.2) is 5.17 Å². The van der Waals surface area contributed by atoms with Crippen LogP contribution in [0.2, 0.25) is 0 Å². The number of nitro groups is 1. The topological polar surface area (TPSA) is 88.7 Å². The maximum Gasteiger partial charge on any atom is 0.282 e. The van der Waals surface area contributed by atoms with E-state index in [1.807, 2.05) is 12.1 Å². The van der Waals surface area contributed by atoms with Crippen LogP contribution in [0.1, 0.15) is 15.9 Å². The Hall–Kier alpha value is -2.74. The molecule has 3 rings (SSSR count). The zero-order valence-corrected chi connectivity index (χ0v) is 13.5. The van der Waals surface area contributed by atoms with Crippen LogP contribution in [0.4, 0.5) is 5.69 Å². The van der Waals surface area contributed by atoms with Crippen molar-refractivity contribution >= 4 is 28.5 Å². The molecule has 2 aromatic rings. The molecular formula is C16H14N4O3S. The summed E-state index contributed by atoms with van der Waals surface area (Å²) in [5.74, 6) is 0.241. The number of hydrogen-bond donors (Lipinski definition) is 0. The Bertz CT molecular complexity index is 795. The monoisotopic (exact) mass is 342 g/mol. The van der Waals surface area contributed by atoms with E-state index in [-0.39, 0.29) is 11.3 Å². The quantitative estimate of drug-likeness (QED) is 0.629. The Morgan fingerprint density at radius 3 is 2.88 bits per heavy atom. The van der Waals surface area contributed by atoms with Crippen LogP contribution in [-0.4, -0.2) is 39.0 Å². The van der Waals surface area contributed by atoms with Gasteiger partial charge in [0, 0.05) is 30.8 Å². The SMILES string of the molecule is O=C(c1ccccc1[N+](=O)[O-])N1CCN=C1SCc1cccnc1. The summed E-state index contributed by atoms with van der Waals surface area (Å²) in [4.78, 5) is 33.2. The van der Waals surface area contributed by atoms with Crippen LogP contribution >= 0.6 is 11.8 Å². The first kappa shape index (κ1) is 16.1. The molecule has 0 N–H and O–H groups in total. The van der Waals surface area contributed by atoms with Crippen molar-refractivity contribution in [3.8, 4) is 0 Å². The summed E-state index contributed by atoms with van der Waals surface area (Å²) >= 11 is 1.43. The van der Waals surface area contributed by atoms with Gasteiger partial charge in [-0.25, -0.2) is 0 Å². The molecule has 7 nitrogen and oxygen atoms in total. The maximum absolute atomic E-state index is 12.7. The second-order valence-electron chi connectivity index (χ2n) is 5.05. The summed E-state index contributed by atoms with van der Waals surface area (Å²) in [5, 5.41) is 11.7.